The second kappa shape index (κ2) is 7.22. The monoisotopic (exact) mass is 349 g/mol. The number of aromatic nitrogens is 2. The predicted octanol–water partition coefficient (Wildman–Crippen LogP) is 3.47. The summed E-state index contributed by atoms with van der Waals surface area (Å²) in [5, 5.41) is 0. The number of fused-ring (bicyclic) bond motifs is 1. The second-order valence-corrected chi connectivity index (χ2v) is 6.70. The number of imidazole rings is 1. The lowest BCUT2D eigenvalue weighted by atomic mass is 10.1. The Morgan fingerprint density at radius 1 is 1.19 bits per heavy atom. The van der Waals surface area contributed by atoms with E-state index in [-0.39, 0.29) is 6.04 Å². The van der Waals surface area contributed by atoms with E-state index in [4.69, 9.17) is 9.47 Å². The van der Waals surface area contributed by atoms with Crippen LogP contribution in [0.1, 0.15) is 11.6 Å². The molecule has 0 saturated heterocycles. The molecule has 1 atom stereocenters. The number of nitrogens with zero attached hydrogens (tertiary/aromatic N) is 3. The summed E-state index contributed by atoms with van der Waals surface area (Å²) in [5.74, 6) is 2.74. The normalized spacial score (nSPS) is 15.7. The summed E-state index contributed by atoms with van der Waals surface area (Å²) in [4.78, 5) is 6.70. The van der Waals surface area contributed by atoms with Crippen molar-refractivity contribution in [2.75, 3.05) is 33.9 Å². The third-order valence-electron chi connectivity index (χ3n) is 4.58. The summed E-state index contributed by atoms with van der Waals surface area (Å²) in [6.45, 7) is 2.17. The van der Waals surface area contributed by atoms with Crippen LogP contribution in [0.2, 0.25) is 0 Å². The Bertz CT molecular complexity index is 888. The second-order valence-electron chi connectivity index (χ2n) is 6.70. The Morgan fingerprint density at radius 3 is 2.96 bits per heavy atom. The quantitative estimate of drug-likeness (QED) is 0.683. The molecule has 134 valence electrons. The van der Waals surface area contributed by atoms with Crippen LogP contribution in [-0.2, 0) is 0 Å². The molecule has 3 aromatic rings. The van der Waals surface area contributed by atoms with E-state index in [2.05, 4.69) is 38.7 Å². The van der Waals surface area contributed by atoms with E-state index in [1.165, 1.54) is 5.56 Å². The average molecular weight is 349 g/mol. The molecule has 26 heavy (non-hydrogen) atoms. The lowest BCUT2D eigenvalue weighted by molar-refractivity contribution is 0.261. The van der Waals surface area contributed by atoms with Gasteiger partial charge in [0.1, 0.15) is 30.5 Å². The lowest BCUT2D eigenvalue weighted by Crippen LogP contribution is -2.19. The van der Waals surface area contributed by atoms with E-state index < -0.39 is 0 Å². The first-order valence-electron chi connectivity index (χ1n) is 8.85. The summed E-state index contributed by atoms with van der Waals surface area (Å²) < 4.78 is 13.9. The SMILES string of the molecule is CN(C)CCOc1cccc(-c2nccn2C2COc3ccccc32)c1. The number of benzene rings is 2. The highest BCUT2D eigenvalue weighted by Crippen LogP contribution is 2.36. The van der Waals surface area contributed by atoms with Crippen LogP contribution in [0.4, 0.5) is 0 Å². The Morgan fingerprint density at radius 2 is 2.08 bits per heavy atom. The van der Waals surface area contributed by atoms with Gasteiger partial charge in [0.25, 0.3) is 0 Å². The van der Waals surface area contributed by atoms with Gasteiger partial charge in [0.2, 0.25) is 0 Å². The fraction of sp³-hybridized carbons (Fsp3) is 0.286. The van der Waals surface area contributed by atoms with Crippen molar-refractivity contribution < 1.29 is 9.47 Å². The van der Waals surface area contributed by atoms with Crippen molar-refractivity contribution in [3.8, 4) is 22.9 Å². The van der Waals surface area contributed by atoms with E-state index in [0.717, 1.165) is 29.4 Å². The topological polar surface area (TPSA) is 39.5 Å². The summed E-state index contributed by atoms with van der Waals surface area (Å²) in [6.07, 6.45) is 3.86. The van der Waals surface area contributed by atoms with Crippen LogP contribution < -0.4 is 9.47 Å². The fourth-order valence-corrected chi connectivity index (χ4v) is 3.24. The van der Waals surface area contributed by atoms with Gasteiger partial charge in [0, 0.05) is 30.1 Å². The fourth-order valence-electron chi connectivity index (χ4n) is 3.24. The Labute approximate surface area is 153 Å². The van der Waals surface area contributed by atoms with Gasteiger partial charge in [-0.2, -0.15) is 0 Å². The molecule has 0 bridgehead atoms. The molecule has 1 aromatic heterocycles. The molecular formula is C21H23N3O2. The van der Waals surface area contributed by atoms with E-state index in [1.807, 2.05) is 50.8 Å². The summed E-state index contributed by atoms with van der Waals surface area (Å²) in [7, 11) is 4.08. The maximum Gasteiger partial charge on any atom is 0.140 e. The number of para-hydroxylation sites is 1. The summed E-state index contributed by atoms with van der Waals surface area (Å²) in [5.41, 5.74) is 2.24. The Kier molecular flexibility index (Phi) is 4.63. The first-order valence-corrected chi connectivity index (χ1v) is 8.85. The van der Waals surface area contributed by atoms with Crippen LogP contribution in [-0.4, -0.2) is 48.3 Å². The smallest absolute Gasteiger partial charge is 0.140 e. The molecule has 2 aromatic carbocycles. The molecule has 4 rings (SSSR count). The van der Waals surface area contributed by atoms with Gasteiger partial charge in [-0.15, -0.1) is 0 Å². The van der Waals surface area contributed by atoms with Gasteiger partial charge in [0.15, 0.2) is 0 Å². The molecule has 5 heteroatoms. The van der Waals surface area contributed by atoms with Crippen molar-refractivity contribution in [1.29, 1.82) is 0 Å². The van der Waals surface area contributed by atoms with Crippen LogP contribution >= 0.6 is 0 Å². The zero-order chi connectivity index (χ0) is 17.9. The summed E-state index contributed by atoms with van der Waals surface area (Å²) in [6, 6.07) is 16.5. The van der Waals surface area contributed by atoms with Gasteiger partial charge in [-0.3, -0.25) is 0 Å². The average Bonchev–Trinajstić information content (AvgIpc) is 3.28. The van der Waals surface area contributed by atoms with Gasteiger partial charge < -0.3 is 18.9 Å². The van der Waals surface area contributed by atoms with Crippen LogP contribution in [0.25, 0.3) is 11.4 Å². The van der Waals surface area contributed by atoms with E-state index in [0.29, 0.717) is 13.2 Å². The standard InChI is InChI=1S/C21H23N3O2/c1-23(2)12-13-25-17-7-5-6-16(14-17)21-22-10-11-24(21)19-15-26-20-9-4-3-8-18(19)20/h3-11,14,19H,12-13,15H2,1-2H3. The van der Waals surface area contributed by atoms with Gasteiger partial charge >= 0.3 is 0 Å². The van der Waals surface area contributed by atoms with Crippen molar-refractivity contribution in [3.63, 3.8) is 0 Å². The number of hydrogen-bond donors (Lipinski definition) is 0. The van der Waals surface area contributed by atoms with Crippen molar-refractivity contribution in [3.05, 3.63) is 66.5 Å². The maximum atomic E-state index is 5.87. The zero-order valence-electron chi connectivity index (χ0n) is 15.1. The predicted molar refractivity (Wildman–Crippen MR) is 102 cm³/mol. The van der Waals surface area contributed by atoms with Crippen molar-refractivity contribution in [2.45, 2.75) is 6.04 Å². The third-order valence-corrected chi connectivity index (χ3v) is 4.58. The van der Waals surface area contributed by atoms with Crippen LogP contribution in [0, 0.1) is 0 Å². The lowest BCUT2D eigenvalue weighted by Gasteiger charge is -2.15. The largest absolute Gasteiger partial charge is 0.492 e. The minimum absolute atomic E-state index is 0.141. The first-order chi connectivity index (χ1) is 12.7. The molecule has 0 amide bonds. The van der Waals surface area contributed by atoms with Gasteiger partial charge in [-0.05, 0) is 32.3 Å². The van der Waals surface area contributed by atoms with Gasteiger partial charge in [-0.1, -0.05) is 30.3 Å². The van der Waals surface area contributed by atoms with E-state index in [1.54, 1.807) is 0 Å². The first kappa shape index (κ1) is 16.7. The molecule has 5 nitrogen and oxygen atoms in total. The van der Waals surface area contributed by atoms with Gasteiger partial charge in [-0.25, -0.2) is 4.98 Å². The minimum atomic E-state index is 0.141. The Hall–Kier alpha value is -2.79. The Balaban J connectivity index is 1.60. The highest BCUT2D eigenvalue weighted by Gasteiger charge is 2.27. The van der Waals surface area contributed by atoms with Crippen molar-refractivity contribution in [2.24, 2.45) is 0 Å². The molecular weight excluding hydrogens is 326 g/mol. The molecule has 0 radical (unpaired) electrons. The van der Waals surface area contributed by atoms with Gasteiger partial charge in [0.05, 0.1) is 6.04 Å². The van der Waals surface area contributed by atoms with Crippen molar-refractivity contribution in [1.82, 2.24) is 14.5 Å². The number of ether oxygens (including phenoxy) is 2. The molecule has 0 fully saturated rings. The molecule has 2 heterocycles. The van der Waals surface area contributed by atoms with E-state index >= 15 is 0 Å². The molecule has 0 aliphatic carbocycles. The number of hydrogen-bond acceptors (Lipinski definition) is 4. The summed E-state index contributed by atoms with van der Waals surface area (Å²) >= 11 is 0. The van der Waals surface area contributed by atoms with Crippen LogP contribution in [0.3, 0.4) is 0 Å². The maximum absolute atomic E-state index is 5.87. The highest BCUT2D eigenvalue weighted by atomic mass is 16.5. The third kappa shape index (κ3) is 3.30. The molecule has 0 spiro atoms. The molecule has 1 unspecified atom stereocenters. The minimum Gasteiger partial charge on any atom is -0.492 e. The number of likely N-dealkylation sites (N-methyl/N-ethyl adjacent to an activating group) is 1. The zero-order valence-corrected chi connectivity index (χ0v) is 15.1. The van der Waals surface area contributed by atoms with Crippen LogP contribution in [0.15, 0.2) is 60.9 Å². The molecule has 0 N–H and O–H groups in total. The molecule has 1 aliphatic heterocycles. The van der Waals surface area contributed by atoms with Crippen LogP contribution in [0.5, 0.6) is 11.5 Å². The molecule has 0 saturated carbocycles. The highest BCUT2D eigenvalue weighted by molar-refractivity contribution is 5.59. The van der Waals surface area contributed by atoms with Crippen molar-refractivity contribution >= 4 is 0 Å². The molecule has 1 aliphatic rings. The number of rotatable bonds is 6. The van der Waals surface area contributed by atoms with E-state index in [9.17, 15) is 0 Å².